The number of nitrogens with zero attached hydrogens (tertiary/aromatic N) is 3. The summed E-state index contributed by atoms with van der Waals surface area (Å²) < 4.78 is 0. The lowest BCUT2D eigenvalue weighted by Crippen LogP contribution is -2.52. The predicted octanol–water partition coefficient (Wildman–Crippen LogP) is 3.71. The predicted molar refractivity (Wildman–Crippen MR) is 112 cm³/mol. The molecule has 6 heteroatoms. The second-order valence-electron chi connectivity index (χ2n) is 6.51. The summed E-state index contributed by atoms with van der Waals surface area (Å²) in [6, 6.07) is 15.1. The van der Waals surface area contributed by atoms with Crippen LogP contribution in [0.4, 0.5) is 11.4 Å². The van der Waals surface area contributed by atoms with E-state index in [1.54, 1.807) is 15.9 Å². The van der Waals surface area contributed by atoms with Gasteiger partial charge in [-0.2, -0.15) is 0 Å². The van der Waals surface area contributed by atoms with Crippen molar-refractivity contribution in [2.45, 2.75) is 20.8 Å². The van der Waals surface area contributed by atoms with Crippen molar-refractivity contribution in [2.75, 3.05) is 36.1 Å². The molecule has 0 radical (unpaired) electrons. The molecule has 144 valence electrons. The molecule has 1 aliphatic rings. The standard InChI is InChI=1S/C21H25N3O2.ClH/c1-4-22(5-2)14-20(25)24-15-23(17-12-10-16(3)11-13-17)21(26)18-8-6-7-9-19(18)24;/h6-13H,4-5,14-15H2,1-3H3;1H. The number of hydrogen-bond acceptors (Lipinski definition) is 3. The Morgan fingerprint density at radius 1 is 1.04 bits per heavy atom. The van der Waals surface area contributed by atoms with Crippen LogP contribution in [-0.2, 0) is 4.79 Å². The number of likely N-dealkylation sites (N-methyl/N-ethyl adjacent to an activating group) is 1. The first-order valence-corrected chi connectivity index (χ1v) is 9.05. The van der Waals surface area contributed by atoms with Gasteiger partial charge in [0.05, 0.1) is 17.8 Å². The van der Waals surface area contributed by atoms with Crippen LogP contribution < -0.4 is 9.80 Å². The molecule has 0 N–H and O–H groups in total. The lowest BCUT2D eigenvalue weighted by Gasteiger charge is -2.37. The second-order valence-corrected chi connectivity index (χ2v) is 6.51. The van der Waals surface area contributed by atoms with Crippen LogP contribution in [0.2, 0.25) is 0 Å². The van der Waals surface area contributed by atoms with Gasteiger partial charge in [-0.25, -0.2) is 0 Å². The molecule has 0 atom stereocenters. The average Bonchev–Trinajstić information content (AvgIpc) is 2.67. The first kappa shape index (κ1) is 20.9. The molecule has 0 spiro atoms. The Balaban J connectivity index is 0.00000261. The number of halogens is 1. The minimum atomic E-state index is -0.0728. The Labute approximate surface area is 167 Å². The van der Waals surface area contributed by atoms with Crippen molar-refractivity contribution in [3.05, 3.63) is 59.7 Å². The van der Waals surface area contributed by atoms with E-state index in [1.165, 1.54) is 0 Å². The number of hydrogen-bond donors (Lipinski definition) is 0. The maximum atomic E-state index is 13.0. The smallest absolute Gasteiger partial charge is 0.261 e. The van der Waals surface area contributed by atoms with Gasteiger partial charge in [-0.3, -0.25) is 24.3 Å². The summed E-state index contributed by atoms with van der Waals surface area (Å²) in [5.74, 6) is -0.0675. The van der Waals surface area contributed by atoms with Crippen molar-refractivity contribution in [3.8, 4) is 0 Å². The molecule has 2 amide bonds. The third-order valence-electron chi connectivity index (χ3n) is 4.85. The summed E-state index contributed by atoms with van der Waals surface area (Å²) in [4.78, 5) is 31.4. The summed E-state index contributed by atoms with van der Waals surface area (Å²) in [5.41, 5.74) is 3.19. The highest BCUT2D eigenvalue weighted by Gasteiger charge is 2.33. The van der Waals surface area contributed by atoms with Gasteiger partial charge < -0.3 is 0 Å². The zero-order chi connectivity index (χ0) is 18.7. The number of aryl methyl sites for hydroxylation is 1. The number of carbonyl (C=O) groups is 2. The number of amides is 2. The van der Waals surface area contributed by atoms with Crippen LogP contribution in [0.3, 0.4) is 0 Å². The minimum Gasteiger partial charge on any atom is -0.295 e. The van der Waals surface area contributed by atoms with Gasteiger partial charge in [0.15, 0.2) is 0 Å². The third kappa shape index (κ3) is 4.31. The lowest BCUT2D eigenvalue weighted by atomic mass is 10.1. The Bertz CT molecular complexity index is 803. The summed E-state index contributed by atoms with van der Waals surface area (Å²) in [6.45, 7) is 8.32. The van der Waals surface area contributed by atoms with Gasteiger partial charge in [0.25, 0.3) is 5.91 Å². The van der Waals surface area contributed by atoms with Gasteiger partial charge in [0.2, 0.25) is 5.91 Å². The highest BCUT2D eigenvalue weighted by molar-refractivity contribution is 6.15. The van der Waals surface area contributed by atoms with Crippen molar-refractivity contribution in [1.82, 2.24) is 4.90 Å². The van der Waals surface area contributed by atoms with Crippen LogP contribution >= 0.6 is 12.4 Å². The highest BCUT2D eigenvalue weighted by atomic mass is 35.5. The van der Waals surface area contributed by atoms with Gasteiger partial charge >= 0.3 is 0 Å². The van der Waals surface area contributed by atoms with Gasteiger partial charge in [0, 0.05) is 5.69 Å². The molecular weight excluding hydrogens is 362 g/mol. The van der Waals surface area contributed by atoms with Crippen molar-refractivity contribution >= 4 is 35.6 Å². The normalized spacial score (nSPS) is 13.4. The van der Waals surface area contributed by atoms with Gasteiger partial charge in [-0.1, -0.05) is 43.7 Å². The van der Waals surface area contributed by atoms with Crippen LogP contribution in [0.1, 0.15) is 29.8 Å². The molecule has 1 heterocycles. The number of benzene rings is 2. The lowest BCUT2D eigenvalue weighted by molar-refractivity contribution is -0.119. The number of para-hydroxylation sites is 1. The van der Waals surface area contributed by atoms with E-state index in [0.29, 0.717) is 17.8 Å². The van der Waals surface area contributed by atoms with Crippen LogP contribution in [0.5, 0.6) is 0 Å². The molecule has 2 aromatic rings. The fraction of sp³-hybridized carbons (Fsp3) is 0.333. The quantitative estimate of drug-likeness (QED) is 0.785. The van der Waals surface area contributed by atoms with E-state index in [9.17, 15) is 9.59 Å². The molecule has 0 aromatic heterocycles. The van der Waals surface area contributed by atoms with Crippen molar-refractivity contribution in [2.24, 2.45) is 0 Å². The molecule has 2 aromatic carbocycles. The number of fused-ring (bicyclic) bond motifs is 1. The fourth-order valence-corrected chi connectivity index (χ4v) is 3.18. The maximum Gasteiger partial charge on any atom is 0.261 e. The first-order valence-electron chi connectivity index (χ1n) is 9.05. The van der Waals surface area contributed by atoms with Crippen LogP contribution in [0, 0.1) is 6.92 Å². The molecular formula is C21H26ClN3O2. The number of carbonyl (C=O) groups excluding carboxylic acids is 2. The number of rotatable bonds is 5. The highest BCUT2D eigenvalue weighted by Crippen LogP contribution is 2.30. The van der Waals surface area contributed by atoms with Gasteiger partial charge in [-0.05, 0) is 44.3 Å². The second kappa shape index (κ2) is 9.02. The molecule has 1 aliphatic heterocycles. The molecule has 0 unspecified atom stereocenters. The molecule has 27 heavy (non-hydrogen) atoms. The molecule has 0 aliphatic carbocycles. The van der Waals surface area contributed by atoms with Crippen LogP contribution in [0.15, 0.2) is 48.5 Å². The summed E-state index contributed by atoms with van der Waals surface area (Å²) >= 11 is 0. The summed E-state index contributed by atoms with van der Waals surface area (Å²) in [6.07, 6.45) is 0. The third-order valence-corrected chi connectivity index (χ3v) is 4.85. The van der Waals surface area contributed by atoms with Crippen molar-refractivity contribution in [3.63, 3.8) is 0 Å². The number of anilines is 2. The monoisotopic (exact) mass is 387 g/mol. The Morgan fingerprint density at radius 3 is 2.30 bits per heavy atom. The first-order chi connectivity index (χ1) is 12.5. The Hall–Kier alpha value is -2.37. The average molecular weight is 388 g/mol. The zero-order valence-electron chi connectivity index (χ0n) is 16.0. The summed E-state index contributed by atoms with van der Waals surface area (Å²) in [5, 5.41) is 0. The summed E-state index contributed by atoms with van der Waals surface area (Å²) in [7, 11) is 0. The molecule has 0 saturated heterocycles. The molecule has 3 rings (SSSR count). The maximum absolute atomic E-state index is 13.0. The fourth-order valence-electron chi connectivity index (χ4n) is 3.18. The van der Waals surface area contributed by atoms with E-state index in [1.807, 2.05) is 63.2 Å². The van der Waals surface area contributed by atoms with E-state index < -0.39 is 0 Å². The van der Waals surface area contributed by atoms with Gasteiger partial charge in [-0.15, -0.1) is 12.4 Å². The minimum absolute atomic E-state index is 0. The topological polar surface area (TPSA) is 43.9 Å². The van der Waals surface area contributed by atoms with E-state index in [2.05, 4.69) is 4.90 Å². The van der Waals surface area contributed by atoms with E-state index in [4.69, 9.17) is 0 Å². The molecule has 5 nitrogen and oxygen atoms in total. The van der Waals surface area contributed by atoms with Crippen LogP contribution in [-0.4, -0.2) is 43.0 Å². The van der Waals surface area contributed by atoms with E-state index >= 15 is 0 Å². The molecule has 0 fully saturated rings. The SMILES string of the molecule is CCN(CC)CC(=O)N1CN(c2ccc(C)cc2)C(=O)c2ccccc21.Cl. The molecule has 0 bridgehead atoms. The Morgan fingerprint density at radius 2 is 1.67 bits per heavy atom. The van der Waals surface area contributed by atoms with E-state index in [-0.39, 0.29) is 30.9 Å². The Kier molecular flexibility index (Phi) is 6.99. The van der Waals surface area contributed by atoms with E-state index in [0.717, 1.165) is 24.3 Å². The zero-order valence-corrected chi connectivity index (χ0v) is 16.8. The van der Waals surface area contributed by atoms with Crippen molar-refractivity contribution in [1.29, 1.82) is 0 Å². The van der Waals surface area contributed by atoms with Crippen LogP contribution in [0.25, 0.3) is 0 Å². The van der Waals surface area contributed by atoms with Crippen molar-refractivity contribution < 1.29 is 9.59 Å². The van der Waals surface area contributed by atoms with Gasteiger partial charge in [0.1, 0.15) is 6.67 Å². The largest absolute Gasteiger partial charge is 0.295 e. The molecule has 0 saturated carbocycles.